The smallest absolute Gasteiger partial charge is 0.404 e. The monoisotopic (exact) mass is 447 g/mol. The summed E-state index contributed by atoms with van der Waals surface area (Å²) in [6.07, 6.45) is 2.69. The molecule has 9 nitrogen and oxygen atoms in total. The van der Waals surface area contributed by atoms with E-state index >= 15 is 0 Å². The summed E-state index contributed by atoms with van der Waals surface area (Å²) in [5, 5.41) is 10.4. The summed E-state index contributed by atoms with van der Waals surface area (Å²) in [5.41, 5.74) is 2.11. The molecule has 0 atom stereocenters. The van der Waals surface area contributed by atoms with Gasteiger partial charge in [0.2, 0.25) is 0 Å². The maximum atomic E-state index is 12.5. The number of H-pyrrole nitrogens is 1. The fraction of sp³-hybridized carbons (Fsp3) is 0.400. The molecule has 32 heavy (non-hydrogen) atoms. The van der Waals surface area contributed by atoms with Crippen LogP contribution in [0.3, 0.4) is 0 Å². The van der Waals surface area contributed by atoms with Gasteiger partial charge in [-0.15, -0.1) is 13.2 Å². The number of ether oxygens (including phenoxy) is 1. The molecule has 5 rings (SSSR count). The van der Waals surface area contributed by atoms with Crippen LogP contribution < -0.4 is 15.0 Å². The average molecular weight is 447 g/mol. The fourth-order valence-electron chi connectivity index (χ4n) is 4.47. The average Bonchev–Trinajstić information content (AvgIpc) is 3.12. The summed E-state index contributed by atoms with van der Waals surface area (Å²) in [6.45, 7) is 1.79. The number of anilines is 2. The Morgan fingerprint density at radius 2 is 2.03 bits per heavy atom. The zero-order valence-electron chi connectivity index (χ0n) is 17.1. The topological polar surface area (TPSA) is 99.3 Å². The molecule has 2 N–H and O–H groups in total. The first-order valence-corrected chi connectivity index (χ1v) is 9.98. The number of fused-ring (bicyclic) bond motifs is 1. The second-order valence-electron chi connectivity index (χ2n) is 8.42. The number of halogens is 3. The van der Waals surface area contributed by atoms with Crippen LogP contribution in [-0.4, -0.2) is 63.6 Å². The Bertz CT molecular complexity index is 1150. The van der Waals surface area contributed by atoms with Crippen LogP contribution in [0, 0.1) is 5.41 Å². The number of nitrogens with one attached hydrogen (secondary N) is 2. The molecule has 1 spiro atoms. The van der Waals surface area contributed by atoms with E-state index in [1.165, 1.54) is 6.20 Å². The number of aromatic amines is 1. The number of aromatic nitrogens is 4. The van der Waals surface area contributed by atoms with E-state index in [4.69, 9.17) is 0 Å². The second kappa shape index (κ2) is 7.24. The van der Waals surface area contributed by atoms with Crippen molar-refractivity contribution in [2.24, 2.45) is 5.41 Å². The van der Waals surface area contributed by atoms with Crippen molar-refractivity contribution in [1.29, 1.82) is 0 Å². The second-order valence-corrected chi connectivity index (χ2v) is 8.42. The molecule has 0 unspecified atom stereocenters. The van der Waals surface area contributed by atoms with Crippen LogP contribution in [0.4, 0.5) is 29.3 Å². The third kappa shape index (κ3) is 3.87. The van der Waals surface area contributed by atoms with Crippen molar-refractivity contribution in [2.45, 2.75) is 25.2 Å². The van der Waals surface area contributed by atoms with Crippen molar-refractivity contribution in [2.75, 3.05) is 30.4 Å². The number of rotatable bonds is 4. The molecule has 0 radical (unpaired) electrons. The number of nitrogens with zero attached hydrogens (tertiary/aromatic N) is 5. The molecule has 12 heteroatoms. The third-order valence-corrected chi connectivity index (χ3v) is 6.10. The Morgan fingerprint density at radius 1 is 1.25 bits per heavy atom. The van der Waals surface area contributed by atoms with E-state index in [9.17, 15) is 18.0 Å². The van der Waals surface area contributed by atoms with Crippen molar-refractivity contribution in [3.8, 4) is 5.75 Å². The highest BCUT2D eigenvalue weighted by molar-refractivity contribution is 5.89. The summed E-state index contributed by atoms with van der Waals surface area (Å²) < 4.78 is 40.9. The molecule has 1 aliphatic carbocycles. The van der Waals surface area contributed by atoms with Gasteiger partial charge in [0.1, 0.15) is 5.75 Å². The van der Waals surface area contributed by atoms with Crippen molar-refractivity contribution in [3.05, 3.63) is 36.9 Å². The molecule has 168 valence electrons. The lowest BCUT2D eigenvalue weighted by molar-refractivity contribution is -0.274. The van der Waals surface area contributed by atoms with Crippen LogP contribution in [0.2, 0.25) is 0 Å². The highest BCUT2D eigenvalue weighted by Gasteiger charge is 2.54. The van der Waals surface area contributed by atoms with Gasteiger partial charge in [0.15, 0.2) is 5.65 Å². The predicted octanol–water partition coefficient (Wildman–Crippen LogP) is 3.38. The Balaban J connectivity index is 1.13. The van der Waals surface area contributed by atoms with Crippen molar-refractivity contribution >= 4 is 28.4 Å². The molecular weight excluding hydrogens is 427 g/mol. The number of urea groups is 1. The Kier molecular flexibility index (Phi) is 4.60. The van der Waals surface area contributed by atoms with Crippen LogP contribution in [0.5, 0.6) is 5.75 Å². The minimum absolute atomic E-state index is 0.0641. The fourth-order valence-corrected chi connectivity index (χ4v) is 4.47. The van der Waals surface area contributed by atoms with E-state index in [2.05, 4.69) is 41.2 Å². The number of alkyl halides is 3. The maximum absolute atomic E-state index is 12.5. The largest absolute Gasteiger partial charge is 0.573 e. The lowest BCUT2D eigenvalue weighted by atomic mass is 9.60. The minimum Gasteiger partial charge on any atom is -0.404 e. The van der Waals surface area contributed by atoms with Crippen LogP contribution in [-0.2, 0) is 0 Å². The third-order valence-electron chi connectivity index (χ3n) is 6.10. The van der Waals surface area contributed by atoms with Crippen LogP contribution in [0.1, 0.15) is 12.8 Å². The highest BCUT2D eigenvalue weighted by atomic mass is 19.4. The lowest BCUT2D eigenvalue weighted by Crippen LogP contribution is -2.67. The standard InChI is InChI=1S/C20H20F3N7O2/c1-29(18(31)27-13-3-16(9-24-7-13)32-20(21,22)23)15-4-19(5-15)10-30(11-19)14-2-12-6-26-28-17(12)25-8-14/h2-3,6-9,15H,4-5,10-11H2,1H3,(H,27,31)(H,25,26,28). The number of amides is 2. The molecule has 2 amide bonds. The number of carbonyl (C=O) groups excluding carboxylic acids is 1. The molecule has 1 saturated heterocycles. The zero-order valence-corrected chi connectivity index (χ0v) is 17.1. The van der Waals surface area contributed by atoms with Gasteiger partial charge in [0.25, 0.3) is 0 Å². The van der Waals surface area contributed by atoms with E-state index in [0.717, 1.165) is 54.9 Å². The highest BCUT2D eigenvalue weighted by Crippen LogP contribution is 2.51. The SMILES string of the molecule is CN(C(=O)Nc1cncc(OC(F)(F)F)c1)C1CC2(C1)CN(c1cnc3[nH]ncc3c1)C2. The number of carbonyl (C=O) groups is 1. The molecule has 1 aliphatic heterocycles. The van der Waals surface area contributed by atoms with Gasteiger partial charge in [-0.25, -0.2) is 9.78 Å². The number of hydrogen-bond donors (Lipinski definition) is 2. The normalized spacial score (nSPS) is 17.7. The van der Waals surface area contributed by atoms with Gasteiger partial charge >= 0.3 is 12.4 Å². The summed E-state index contributed by atoms with van der Waals surface area (Å²) in [7, 11) is 1.68. The quantitative estimate of drug-likeness (QED) is 0.636. The van der Waals surface area contributed by atoms with E-state index in [1.807, 2.05) is 6.20 Å². The van der Waals surface area contributed by atoms with Crippen LogP contribution in [0.25, 0.3) is 11.0 Å². The van der Waals surface area contributed by atoms with Crippen LogP contribution >= 0.6 is 0 Å². The van der Waals surface area contributed by atoms with E-state index < -0.39 is 18.1 Å². The van der Waals surface area contributed by atoms with E-state index in [0.29, 0.717) is 0 Å². The molecule has 2 aliphatic rings. The zero-order chi connectivity index (χ0) is 22.5. The molecule has 2 fully saturated rings. The summed E-state index contributed by atoms with van der Waals surface area (Å²) >= 11 is 0. The van der Waals surface area contributed by atoms with Crippen molar-refractivity contribution in [1.82, 2.24) is 25.1 Å². The summed E-state index contributed by atoms with van der Waals surface area (Å²) in [6, 6.07) is 2.80. The van der Waals surface area contributed by atoms with Gasteiger partial charge in [-0.05, 0) is 18.9 Å². The van der Waals surface area contributed by atoms with Gasteiger partial charge in [-0.2, -0.15) is 5.10 Å². The molecule has 1 saturated carbocycles. The Morgan fingerprint density at radius 3 is 2.78 bits per heavy atom. The van der Waals surface area contributed by atoms with Crippen LogP contribution in [0.15, 0.2) is 36.9 Å². The van der Waals surface area contributed by atoms with Crippen molar-refractivity contribution < 1.29 is 22.7 Å². The first kappa shape index (κ1) is 20.3. The molecule has 0 bridgehead atoms. The molecule has 3 aromatic heterocycles. The van der Waals surface area contributed by atoms with E-state index in [1.54, 1.807) is 18.1 Å². The maximum Gasteiger partial charge on any atom is 0.573 e. The minimum atomic E-state index is -4.82. The van der Waals surface area contributed by atoms with Crippen molar-refractivity contribution in [3.63, 3.8) is 0 Å². The molecule has 4 heterocycles. The van der Waals surface area contributed by atoms with Gasteiger partial charge in [-0.3, -0.25) is 10.1 Å². The van der Waals surface area contributed by atoms with Gasteiger partial charge in [0.05, 0.1) is 36.2 Å². The lowest BCUT2D eigenvalue weighted by Gasteiger charge is -2.61. The van der Waals surface area contributed by atoms with Gasteiger partial charge < -0.3 is 19.9 Å². The Labute approximate surface area is 180 Å². The summed E-state index contributed by atoms with van der Waals surface area (Å²) in [5.74, 6) is -0.488. The first-order valence-electron chi connectivity index (χ1n) is 9.98. The molecule has 3 aromatic rings. The number of hydrogen-bond acceptors (Lipinski definition) is 6. The van der Waals surface area contributed by atoms with Gasteiger partial charge in [-0.1, -0.05) is 0 Å². The molecular formula is C20H20F3N7O2. The Hall–Kier alpha value is -3.57. The molecule has 0 aromatic carbocycles. The van der Waals surface area contributed by atoms with Gasteiger partial charge in [0, 0.05) is 43.0 Å². The van der Waals surface area contributed by atoms with E-state index in [-0.39, 0.29) is 17.1 Å². The summed E-state index contributed by atoms with van der Waals surface area (Å²) in [4.78, 5) is 24.4. The predicted molar refractivity (Wildman–Crippen MR) is 109 cm³/mol. The number of pyridine rings is 2. The first-order chi connectivity index (χ1) is 15.2.